The summed E-state index contributed by atoms with van der Waals surface area (Å²) in [5, 5.41) is 14.8. The van der Waals surface area contributed by atoms with E-state index < -0.39 is 24.0 Å². The molecule has 0 aliphatic rings. The number of hydrogen-bond donors (Lipinski definition) is 3. The zero-order valence-electron chi connectivity index (χ0n) is 39.1. The van der Waals surface area contributed by atoms with Gasteiger partial charge in [-0.05, 0) is 55.5 Å². The minimum Gasteiger partial charge on any atom is -0.480 e. The first kappa shape index (κ1) is 57.3. The van der Waals surface area contributed by atoms with Crippen LogP contribution in [-0.4, -0.2) is 77.1 Å². The van der Waals surface area contributed by atoms with E-state index in [1.807, 2.05) is 6.26 Å². The van der Waals surface area contributed by atoms with E-state index in [0.29, 0.717) is 47.8 Å². The quantitative estimate of drug-likeness (QED) is 0.0427. The Labute approximate surface area is 385 Å². The average Bonchev–Trinajstić information content (AvgIpc) is 3.26. The fourth-order valence-electron chi connectivity index (χ4n) is 7.24. The monoisotopic (exact) mass is 907 g/mol. The molecule has 0 fully saturated rings. The van der Waals surface area contributed by atoms with Crippen molar-refractivity contribution in [2.24, 2.45) is 0 Å². The molecule has 10 nitrogen and oxygen atoms in total. The molecule has 356 valence electrons. The topological polar surface area (TPSA) is 148 Å². The van der Waals surface area contributed by atoms with Gasteiger partial charge in [0.25, 0.3) is 5.91 Å². The minimum absolute atomic E-state index is 0.00548. The van der Waals surface area contributed by atoms with Crippen molar-refractivity contribution in [1.29, 1.82) is 0 Å². The predicted octanol–water partition coefficient (Wildman–Crippen LogP) is 13.1. The second kappa shape index (κ2) is 41.0. The second-order valence-electron chi connectivity index (χ2n) is 16.9. The summed E-state index contributed by atoms with van der Waals surface area (Å²) in [6.45, 7) is 4.51. The number of aliphatic carboxylic acids is 1. The lowest BCUT2D eigenvalue weighted by molar-refractivity contribution is -0.157. The van der Waals surface area contributed by atoms with Gasteiger partial charge in [0.2, 0.25) is 5.91 Å². The molecule has 0 aromatic heterocycles. The number of carboxylic acid groups (broad SMARTS) is 1. The molecular weight excluding hydrogens is 821 g/mol. The van der Waals surface area contributed by atoms with Crippen LogP contribution in [0.1, 0.15) is 217 Å². The zero-order valence-corrected chi connectivity index (χ0v) is 40.8. The summed E-state index contributed by atoms with van der Waals surface area (Å²) in [6.07, 6.45) is 34.6. The number of anilines is 1. The highest BCUT2D eigenvalue weighted by Crippen LogP contribution is 2.17. The Hall–Kier alpha value is -2.73. The van der Waals surface area contributed by atoms with E-state index in [1.165, 1.54) is 152 Å². The minimum atomic E-state index is -1.08. The van der Waals surface area contributed by atoms with Crippen LogP contribution in [0.25, 0.3) is 0 Å². The van der Waals surface area contributed by atoms with Gasteiger partial charge in [0.1, 0.15) is 18.8 Å². The summed E-state index contributed by atoms with van der Waals surface area (Å²) in [5.41, 5.74) is 0.817. The van der Waals surface area contributed by atoms with Crippen molar-refractivity contribution in [3.8, 4) is 0 Å². The molecule has 0 aliphatic heterocycles. The lowest BCUT2D eigenvalue weighted by Crippen LogP contribution is -2.41. The first-order valence-corrected chi connectivity index (χ1v) is 27.1. The maximum absolute atomic E-state index is 12.9. The van der Waals surface area contributed by atoms with Crippen LogP contribution in [0.4, 0.5) is 5.69 Å². The van der Waals surface area contributed by atoms with Crippen LogP contribution in [0.3, 0.4) is 0 Å². The molecule has 62 heavy (non-hydrogen) atoms. The van der Waals surface area contributed by atoms with Gasteiger partial charge in [0.15, 0.2) is 0 Å². The Balaban J connectivity index is 2.46. The highest BCUT2D eigenvalue weighted by molar-refractivity contribution is 7.99. The van der Waals surface area contributed by atoms with Crippen molar-refractivity contribution in [1.82, 2.24) is 5.32 Å². The number of ether oxygens (including phenoxy) is 2. The number of nitrogens with one attached hydrogen (secondary N) is 2. The van der Waals surface area contributed by atoms with Crippen molar-refractivity contribution in [3.63, 3.8) is 0 Å². The van der Waals surface area contributed by atoms with Gasteiger partial charge in [-0.3, -0.25) is 19.2 Å². The Morgan fingerprint density at radius 3 is 1.50 bits per heavy atom. The number of esters is 2. The Morgan fingerprint density at radius 1 is 0.597 bits per heavy atom. The van der Waals surface area contributed by atoms with Crippen LogP contribution in [0.2, 0.25) is 0 Å². The fourth-order valence-corrected chi connectivity index (χ4v) is 8.63. The summed E-state index contributed by atoms with van der Waals surface area (Å²) in [5.74, 6) is -0.838. The number of thioether (sulfide) groups is 2. The second-order valence-corrected chi connectivity index (χ2v) is 19.0. The molecule has 0 saturated heterocycles. The zero-order chi connectivity index (χ0) is 45.3. The first-order valence-electron chi connectivity index (χ1n) is 24.5. The Morgan fingerprint density at radius 2 is 1.05 bits per heavy atom. The van der Waals surface area contributed by atoms with E-state index in [1.54, 1.807) is 24.3 Å². The molecule has 2 atom stereocenters. The van der Waals surface area contributed by atoms with Gasteiger partial charge in [0, 0.05) is 42.0 Å². The molecular formula is C50H86N2O8S2. The van der Waals surface area contributed by atoms with Crippen LogP contribution in [0.15, 0.2) is 24.3 Å². The Kier molecular flexibility index (Phi) is 37.9. The predicted molar refractivity (Wildman–Crippen MR) is 260 cm³/mol. The summed E-state index contributed by atoms with van der Waals surface area (Å²) in [6, 6.07) is 5.34. The molecule has 1 aromatic rings. The van der Waals surface area contributed by atoms with Crippen LogP contribution in [0, 0.1) is 0 Å². The Bertz CT molecular complexity index is 1300. The van der Waals surface area contributed by atoms with E-state index >= 15 is 0 Å². The summed E-state index contributed by atoms with van der Waals surface area (Å²) in [7, 11) is 0. The summed E-state index contributed by atoms with van der Waals surface area (Å²) in [4.78, 5) is 62.3. The molecule has 0 spiro atoms. The molecule has 1 rings (SSSR count). The van der Waals surface area contributed by atoms with Gasteiger partial charge >= 0.3 is 17.9 Å². The van der Waals surface area contributed by atoms with E-state index in [2.05, 4.69) is 24.5 Å². The number of unbranched alkanes of at least 4 members (excludes halogenated alkanes) is 24. The van der Waals surface area contributed by atoms with Crippen LogP contribution >= 0.6 is 23.5 Å². The number of benzene rings is 1. The van der Waals surface area contributed by atoms with Gasteiger partial charge in [0.05, 0.1) is 0 Å². The maximum Gasteiger partial charge on any atom is 0.326 e. The largest absolute Gasteiger partial charge is 0.480 e. The van der Waals surface area contributed by atoms with E-state index in [4.69, 9.17) is 9.47 Å². The SMILES string of the molecule is CCCCCCCCCCCCCCCC(=O)OCC(CSCCC(=O)Nc1ccc(C(=O)N[C@@H](CCSC)C(=O)O)cc1)OC(=O)CCCCCCCCCCCCCCC. The first-order chi connectivity index (χ1) is 30.2. The van der Waals surface area contributed by atoms with E-state index in [9.17, 15) is 29.1 Å². The smallest absolute Gasteiger partial charge is 0.326 e. The van der Waals surface area contributed by atoms with Crippen molar-refractivity contribution in [3.05, 3.63) is 29.8 Å². The molecule has 0 radical (unpaired) electrons. The molecule has 1 aromatic carbocycles. The average molecular weight is 907 g/mol. The van der Waals surface area contributed by atoms with Crippen molar-refractivity contribution >= 4 is 58.9 Å². The maximum atomic E-state index is 12.9. The fraction of sp³-hybridized carbons (Fsp3) is 0.780. The summed E-state index contributed by atoms with van der Waals surface area (Å²) < 4.78 is 11.4. The standard InChI is InChI=1S/C50H86N2O8S2/c1-4-6-8-10-12-14-16-18-20-22-24-26-28-30-47(54)59-40-44(60-48(55)31-29-27-25-23-21-19-17-15-13-11-9-7-5-2)41-62-39-37-46(53)51-43-34-32-42(33-35-43)49(56)52-45(50(57)58)36-38-61-3/h32-35,44-45H,4-31,36-41H2,1-3H3,(H,51,53)(H,52,56)(H,57,58)/t44?,45-/m0/s1. The van der Waals surface area contributed by atoms with Gasteiger partial charge < -0.3 is 25.2 Å². The lowest BCUT2D eigenvalue weighted by Gasteiger charge is -2.18. The number of rotatable bonds is 43. The molecule has 0 saturated carbocycles. The normalized spacial score (nSPS) is 12.1. The summed E-state index contributed by atoms with van der Waals surface area (Å²) >= 11 is 2.98. The van der Waals surface area contributed by atoms with Crippen LogP contribution in [-0.2, 0) is 28.7 Å². The molecule has 3 N–H and O–H groups in total. The number of carboxylic acids is 1. The highest BCUT2D eigenvalue weighted by Gasteiger charge is 2.21. The number of carbonyl (C=O) groups excluding carboxylic acids is 4. The van der Waals surface area contributed by atoms with Crippen LogP contribution in [0.5, 0.6) is 0 Å². The highest BCUT2D eigenvalue weighted by atomic mass is 32.2. The third-order valence-corrected chi connectivity index (χ3v) is 12.9. The third-order valence-electron chi connectivity index (χ3n) is 11.1. The lowest BCUT2D eigenvalue weighted by atomic mass is 10.0. The van der Waals surface area contributed by atoms with Crippen molar-refractivity contribution in [2.75, 3.05) is 35.4 Å². The molecule has 0 bridgehead atoms. The molecule has 0 aliphatic carbocycles. The molecule has 1 unspecified atom stereocenters. The van der Waals surface area contributed by atoms with Crippen LogP contribution < -0.4 is 10.6 Å². The molecule has 2 amide bonds. The van der Waals surface area contributed by atoms with Gasteiger partial charge in [-0.1, -0.05) is 168 Å². The number of carbonyl (C=O) groups is 5. The van der Waals surface area contributed by atoms with Gasteiger partial charge in [-0.15, -0.1) is 0 Å². The molecule has 12 heteroatoms. The van der Waals surface area contributed by atoms with Gasteiger partial charge in [-0.25, -0.2) is 4.79 Å². The third kappa shape index (κ3) is 33.8. The van der Waals surface area contributed by atoms with Crippen molar-refractivity contribution < 1.29 is 38.6 Å². The van der Waals surface area contributed by atoms with E-state index in [-0.39, 0.29) is 30.9 Å². The molecule has 0 heterocycles. The van der Waals surface area contributed by atoms with Gasteiger partial charge in [-0.2, -0.15) is 23.5 Å². The van der Waals surface area contributed by atoms with Crippen molar-refractivity contribution in [2.45, 2.75) is 219 Å². The van der Waals surface area contributed by atoms with E-state index in [0.717, 1.165) is 38.5 Å². The number of amides is 2. The number of hydrogen-bond acceptors (Lipinski definition) is 9.